The van der Waals surface area contributed by atoms with Crippen LogP contribution in [0.4, 0.5) is 5.13 Å². The second kappa shape index (κ2) is 6.58. The average Bonchev–Trinajstić information content (AvgIpc) is 2.88. The molecule has 1 aromatic carbocycles. The van der Waals surface area contributed by atoms with Crippen LogP contribution in [0.2, 0.25) is 0 Å². The van der Waals surface area contributed by atoms with Gasteiger partial charge in [0.25, 0.3) is 0 Å². The number of carbonyl (C=O) groups is 1. The number of benzene rings is 1. The van der Waals surface area contributed by atoms with Crippen molar-refractivity contribution in [2.45, 2.75) is 19.9 Å². The Morgan fingerprint density at radius 2 is 2.05 bits per heavy atom. The molecule has 106 valence electrons. The maximum Gasteiger partial charge on any atom is 0.240 e. The molecule has 5 nitrogen and oxygen atoms in total. The van der Waals surface area contributed by atoms with Gasteiger partial charge in [0.2, 0.25) is 11.0 Å². The molecule has 0 atom stereocenters. The van der Waals surface area contributed by atoms with E-state index in [-0.39, 0.29) is 5.91 Å². The topological polar surface area (TPSA) is 58.1 Å². The van der Waals surface area contributed by atoms with E-state index in [1.165, 1.54) is 11.5 Å². The van der Waals surface area contributed by atoms with Gasteiger partial charge in [-0.15, -0.1) is 0 Å². The van der Waals surface area contributed by atoms with E-state index in [0.29, 0.717) is 23.5 Å². The van der Waals surface area contributed by atoms with Gasteiger partial charge in [-0.25, -0.2) is 0 Å². The summed E-state index contributed by atoms with van der Waals surface area (Å²) in [4.78, 5) is 18.2. The van der Waals surface area contributed by atoms with Crippen LogP contribution >= 0.6 is 11.5 Å². The molecule has 0 bridgehead atoms. The largest absolute Gasteiger partial charge is 0.300 e. The molecular weight excluding hydrogens is 272 g/mol. The lowest BCUT2D eigenvalue weighted by molar-refractivity contribution is -0.117. The fourth-order valence-electron chi connectivity index (χ4n) is 1.55. The molecule has 2 rings (SSSR count). The van der Waals surface area contributed by atoms with Crippen molar-refractivity contribution >= 4 is 22.6 Å². The van der Waals surface area contributed by atoms with E-state index in [4.69, 9.17) is 0 Å². The minimum Gasteiger partial charge on any atom is -0.300 e. The zero-order valence-corrected chi connectivity index (χ0v) is 12.6. The monoisotopic (exact) mass is 290 g/mol. The van der Waals surface area contributed by atoms with Gasteiger partial charge in [0.1, 0.15) is 0 Å². The van der Waals surface area contributed by atoms with Gasteiger partial charge in [0, 0.05) is 23.1 Å². The van der Waals surface area contributed by atoms with Crippen LogP contribution in [0.1, 0.15) is 13.8 Å². The molecule has 0 saturated heterocycles. The molecule has 6 heteroatoms. The molecular formula is C14H18N4OS. The quantitative estimate of drug-likeness (QED) is 0.919. The third kappa shape index (κ3) is 3.85. The Bertz CT molecular complexity index is 568. The molecule has 0 aliphatic heterocycles. The fraction of sp³-hybridized carbons (Fsp3) is 0.357. The summed E-state index contributed by atoms with van der Waals surface area (Å²) in [6.07, 6.45) is 0. The van der Waals surface area contributed by atoms with Crippen molar-refractivity contribution in [2.75, 3.05) is 18.9 Å². The zero-order valence-electron chi connectivity index (χ0n) is 11.8. The third-order valence-electron chi connectivity index (χ3n) is 2.98. The molecule has 0 fully saturated rings. The van der Waals surface area contributed by atoms with Crippen LogP contribution < -0.4 is 5.32 Å². The lowest BCUT2D eigenvalue weighted by Gasteiger charge is -2.19. The fourth-order valence-corrected chi connectivity index (χ4v) is 2.15. The average molecular weight is 290 g/mol. The number of carbonyl (C=O) groups excluding carboxylic acids is 1. The number of nitrogens with one attached hydrogen (secondary N) is 1. The van der Waals surface area contributed by atoms with Gasteiger partial charge < -0.3 is 0 Å². The summed E-state index contributed by atoms with van der Waals surface area (Å²) in [5, 5.41) is 3.32. The number of anilines is 1. The third-order valence-corrected chi connectivity index (χ3v) is 3.61. The van der Waals surface area contributed by atoms with E-state index in [1.807, 2.05) is 56.1 Å². The van der Waals surface area contributed by atoms with Gasteiger partial charge in [0.15, 0.2) is 5.82 Å². The highest BCUT2D eigenvalue weighted by molar-refractivity contribution is 7.10. The Labute approximate surface area is 122 Å². The lowest BCUT2D eigenvalue weighted by atomic mass is 10.2. The lowest BCUT2D eigenvalue weighted by Crippen LogP contribution is -2.34. The first kappa shape index (κ1) is 14.6. The number of hydrogen-bond donors (Lipinski definition) is 1. The zero-order chi connectivity index (χ0) is 14.5. The van der Waals surface area contributed by atoms with Gasteiger partial charge in [0.05, 0.1) is 6.54 Å². The highest BCUT2D eigenvalue weighted by atomic mass is 32.1. The Balaban J connectivity index is 1.98. The molecule has 0 unspecified atom stereocenters. The Morgan fingerprint density at radius 1 is 1.35 bits per heavy atom. The molecule has 1 heterocycles. The minimum absolute atomic E-state index is 0.0723. The van der Waals surface area contributed by atoms with Crippen LogP contribution in [-0.2, 0) is 4.79 Å². The molecule has 1 amide bonds. The van der Waals surface area contributed by atoms with E-state index in [0.717, 1.165) is 5.56 Å². The Hall–Kier alpha value is -1.79. The molecule has 2 aromatic rings. The van der Waals surface area contributed by atoms with Crippen LogP contribution in [0.15, 0.2) is 30.3 Å². The van der Waals surface area contributed by atoms with Gasteiger partial charge in [-0.2, -0.15) is 9.36 Å². The van der Waals surface area contributed by atoms with Crippen molar-refractivity contribution in [2.24, 2.45) is 0 Å². The van der Waals surface area contributed by atoms with Crippen molar-refractivity contribution in [3.05, 3.63) is 30.3 Å². The SMILES string of the molecule is CC(C)N(C)CC(=O)Nc1nc(-c2ccccc2)ns1. The summed E-state index contributed by atoms with van der Waals surface area (Å²) in [6, 6.07) is 10.0. The highest BCUT2D eigenvalue weighted by Gasteiger charge is 2.12. The molecule has 0 aliphatic carbocycles. The van der Waals surface area contributed by atoms with Crippen molar-refractivity contribution in [3.8, 4) is 11.4 Å². The number of nitrogens with zero attached hydrogens (tertiary/aromatic N) is 3. The molecule has 0 aliphatic rings. The van der Waals surface area contributed by atoms with Crippen molar-refractivity contribution in [1.29, 1.82) is 0 Å². The Kier molecular flexibility index (Phi) is 4.81. The number of amides is 1. The number of aromatic nitrogens is 2. The minimum atomic E-state index is -0.0723. The summed E-state index contributed by atoms with van der Waals surface area (Å²) >= 11 is 1.20. The summed E-state index contributed by atoms with van der Waals surface area (Å²) < 4.78 is 4.26. The van der Waals surface area contributed by atoms with E-state index >= 15 is 0 Å². The predicted molar refractivity (Wildman–Crippen MR) is 81.7 cm³/mol. The van der Waals surface area contributed by atoms with Crippen LogP contribution in [0.5, 0.6) is 0 Å². The molecule has 1 aromatic heterocycles. The van der Waals surface area contributed by atoms with Crippen molar-refractivity contribution < 1.29 is 4.79 Å². The van der Waals surface area contributed by atoms with Crippen LogP contribution in [0.3, 0.4) is 0 Å². The van der Waals surface area contributed by atoms with E-state index in [2.05, 4.69) is 14.7 Å². The van der Waals surface area contributed by atoms with Gasteiger partial charge in [-0.1, -0.05) is 30.3 Å². The first-order valence-corrected chi connectivity index (χ1v) is 7.23. The summed E-state index contributed by atoms with van der Waals surface area (Å²) in [5.74, 6) is 0.570. The molecule has 20 heavy (non-hydrogen) atoms. The maximum absolute atomic E-state index is 11.9. The summed E-state index contributed by atoms with van der Waals surface area (Å²) in [7, 11) is 1.92. The molecule has 1 N–H and O–H groups in total. The maximum atomic E-state index is 11.9. The van der Waals surface area contributed by atoms with E-state index in [1.54, 1.807) is 0 Å². The summed E-state index contributed by atoms with van der Waals surface area (Å²) in [5.41, 5.74) is 0.948. The molecule has 0 radical (unpaired) electrons. The van der Waals surface area contributed by atoms with Crippen LogP contribution in [-0.4, -0.2) is 39.8 Å². The normalized spacial score (nSPS) is 11.1. The van der Waals surface area contributed by atoms with Gasteiger partial charge >= 0.3 is 0 Å². The first-order valence-electron chi connectivity index (χ1n) is 6.45. The Morgan fingerprint density at radius 3 is 2.70 bits per heavy atom. The number of likely N-dealkylation sites (N-methyl/N-ethyl adjacent to an activating group) is 1. The van der Waals surface area contributed by atoms with Crippen LogP contribution in [0.25, 0.3) is 11.4 Å². The van der Waals surface area contributed by atoms with Crippen LogP contribution in [0, 0.1) is 0 Å². The number of rotatable bonds is 5. The van der Waals surface area contributed by atoms with Crippen molar-refractivity contribution in [3.63, 3.8) is 0 Å². The van der Waals surface area contributed by atoms with Crippen molar-refractivity contribution in [1.82, 2.24) is 14.3 Å². The first-order chi connectivity index (χ1) is 9.56. The predicted octanol–water partition coefficient (Wildman–Crippen LogP) is 2.48. The smallest absolute Gasteiger partial charge is 0.240 e. The van der Waals surface area contributed by atoms with Gasteiger partial charge in [-0.05, 0) is 20.9 Å². The molecule has 0 saturated carbocycles. The van der Waals surface area contributed by atoms with Gasteiger partial charge in [-0.3, -0.25) is 15.0 Å². The second-order valence-electron chi connectivity index (χ2n) is 4.85. The standard InChI is InChI=1S/C14H18N4OS/c1-10(2)18(3)9-12(19)15-14-16-13(17-20-14)11-7-5-4-6-8-11/h4-8,10H,9H2,1-3H3,(H,15,16,17,19). The highest BCUT2D eigenvalue weighted by Crippen LogP contribution is 2.20. The summed E-state index contributed by atoms with van der Waals surface area (Å²) in [6.45, 7) is 4.44. The van der Waals surface area contributed by atoms with E-state index in [9.17, 15) is 4.79 Å². The second-order valence-corrected chi connectivity index (χ2v) is 5.60. The van der Waals surface area contributed by atoms with E-state index < -0.39 is 0 Å². The molecule has 0 spiro atoms. The number of hydrogen-bond acceptors (Lipinski definition) is 5.